The largest absolute Gasteiger partial charge is 0.497 e. The van der Waals surface area contributed by atoms with E-state index in [2.05, 4.69) is 41.0 Å². The maximum absolute atomic E-state index is 13.1. The van der Waals surface area contributed by atoms with Gasteiger partial charge in [0.1, 0.15) is 11.5 Å². The second-order valence-corrected chi connectivity index (χ2v) is 8.44. The fourth-order valence-corrected chi connectivity index (χ4v) is 4.78. The fraction of sp³-hybridized carbons (Fsp3) is 0.480. The summed E-state index contributed by atoms with van der Waals surface area (Å²) in [5.74, 6) is 1.90. The lowest BCUT2D eigenvalue weighted by atomic mass is 10.0. The van der Waals surface area contributed by atoms with Gasteiger partial charge in [-0.05, 0) is 62.2 Å². The van der Waals surface area contributed by atoms with Gasteiger partial charge >= 0.3 is 0 Å². The Morgan fingerprint density at radius 3 is 2.52 bits per heavy atom. The molecule has 31 heavy (non-hydrogen) atoms. The van der Waals surface area contributed by atoms with Crippen molar-refractivity contribution >= 4 is 11.6 Å². The topological polar surface area (TPSA) is 45.3 Å². The second-order valence-electron chi connectivity index (χ2n) is 8.44. The van der Waals surface area contributed by atoms with Crippen molar-refractivity contribution in [3.8, 4) is 11.5 Å². The van der Waals surface area contributed by atoms with Crippen molar-refractivity contribution in [2.75, 3.05) is 58.4 Å². The summed E-state index contributed by atoms with van der Waals surface area (Å²) in [5.41, 5.74) is 3.62. The third kappa shape index (κ3) is 4.79. The Labute approximate surface area is 185 Å². The molecule has 2 fully saturated rings. The molecule has 1 atom stereocenters. The van der Waals surface area contributed by atoms with Crippen LogP contribution in [0.15, 0.2) is 42.5 Å². The van der Waals surface area contributed by atoms with E-state index in [-0.39, 0.29) is 11.9 Å². The zero-order chi connectivity index (χ0) is 21.8. The smallest absolute Gasteiger partial charge is 0.236 e. The van der Waals surface area contributed by atoms with Crippen LogP contribution >= 0.6 is 0 Å². The molecule has 2 aliphatic rings. The van der Waals surface area contributed by atoms with Gasteiger partial charge in [0.05, 0.1) is 20.8 Å². The molecule has 2 heterocycles. The Bertz CT molecular complexity index is 909. The number of ether oxygens (including phenoxy) is 2. The van der Waals surface area contributed by atoms with Gasteiger partial charge in [-0.1, -0.05) is 12.1 Å². The molecule has 0 radical (unpaired) electrons. The molecule has 4 rings (SSSR count). The lowest BCUT2D eigenvalue weighted by Gasteiger charge is -2.37. The van der Waals surface area contributed by atoms with E-state index in [9.17, 15) is 4.79 Å². The minimum Gasteiger partial charge on any atom is -0.497 e. The van der Waals surface area contributed by atoms with Gasteiger partial charge in [0, 0.05) is 43.5 Å². The number of benzene rings is 2. The zero-order valence-electron chi connectivity index (χ0n) is 18.8. The summed E-state index contributed by atoms with van der Waals surface area (Å²) in [7, 11) is 3.38. The molecule has 0 aromatic heterocycles. The third-order valence-electron chi connectivity index (χ3n) is 6.50. The summed E-state index contributed by atoms with van der Waals surface area (Å²) in [6.07, 6.45) is 2.11. The van der Waals surface area contributed by atoms with Gasteiger partial charge in [-0.2, -0.15) is 0 Å². The van der Waals surface area contributed by atoms with Crippen LogP contribution in [0.25, 0.3) is 0 Å². The summed E-state index contributed by atoms with van der Waals surface area (Å²) in [5, 5.41) is 0. The standard InChI is InChI=1S/C25H33N3O3/c1-19-6-4-7-20(16-19)26-12-14-27(15-13-26)25(29)18-28-11-5-8-23(28)22-17-21(30-2)9-10-24(22)31-3/h4,6-7,9-10,16-17,23H,5,8,11-15,18H2,1-3H3. The number of methoxy groups -OCH3 is 2. The highest BCUT2D eigenvalue weighted by molar-refractivity contribution is 5.78. The van der Waals surface area contributed by atoms with Crippen LogP contribution in [0.1, 0.15) is 30.0 Å². The summed E-state index contributed by atoms with van der Waals surface area (Å²) in [6.45, 7) is 6.80. The number of hydrogen-bond acceptors (Lipinski definition) is 5. The maximum Gasteiger partial charge on any atom is 0.236 e. The highest BCUT2D eigenvalue weighted by atomic mass is 16.5. The Hall–Kier alpha value is -2.73. The molecule has 166 valence electrons. The van der Waals surface area contributed by atoms with Crippen LogP contribution < -0.4 is 14.4 Å². The maximum atomic E-state index is 13.1. The predicted octanol–water partition coefficient (Wildman–Crippen LogP) is 3.50. The fourth-order valence-electron chi connectivity index (χ4n) is 4.78. The monoisotopic (exact) mass is 423 g/mol. The molecule has 2 aliphatic heterocycles. The highest BCUT2D eigenvalue weighted by Gasteiger charge is 2.32. The first-order valence-corrected chi connectivity index (χ1v) is 11.1. The number of anilines is 1. The molecule has 0 N–H and O–H groups in total. The predicted molar refractivity (Wildman–Crippen MR) is 123 cm³/mol. The van der Waals surface area contributed by atoms with Gasteiger partial charge in [-0.25, -0.2) is 0 Å². The molecule has 2 aromatic carbocycles. The van der Waals surface area contributed by atoms with Gasteiger partial charge in [-0.3, -0.25) is 9.69 Å². The number of likely N-dealkylation sites (tertiary alicyclic amines) is 1. The van der Waals surface area contributed by atoms with E-state index in [4.69, 9.17) is 9.47 Å². The second kappa shape index (κ2) is 9.60. The van der Waals surface area contributed by atoms with E-state index < -0.39 is 0 Å². The van der Waals surface area contributed by atoms with Crippen LogP contribution in [0.3, 0.4) is 0 Å². The molecular weight excluding hydrogens is 390 g/mol. The minimum absolute atomic E-state index is 0.183. The number of aryl methyl sites for hydroxylation is 1. The van der Waals surface area contributed by atoms with Gasteiger partial charge in [0.2, 0.25) is 5.91 Å². The molecule has 2 saturated heterocycles. The number of amides is 1. The van der Waals surface area contributed by atoms with Crippen LogP contribution in [0.4, 0.5) is 5.69 Å². The zero-order valence-corrected chi connectivity index (χ0v) is 18.8. The first kappa shape index (κ1) is 21.5. The van der Waals surface area contributed by atoms with Crippen molar-refractivity contribution in [3.63, 3.8) is 0 Å². The number of hydrogen-bond donors (Lipinski definition) is 0. The first-order chi connectivity index (χ1) is 15.1. The van der Waals surface area contributed by atoms with Crippen LogP contribution in [0.2, 0.25) is 0 Å². The van der Waals surface area contributed by atoms with Crippen molar-refractivity contribution in [2.45, 2.75) is 25.8 Å². The van der Waals surface area contributed by atoms with Crippen molar-refractivity contribution < 1.29 is 14.3 Å². The van der Waals surface area contributed by atoms with Crippen molar-refractivity contribution in [2.24, 2.45) is 0 Å². The van der Waals surface area contributed by atoms with Crippen LogP contribution in [0.5, 0.6) is 11.5 Å². The summed E-state index contributed by atoms with van der Waals surface area (Å²) >= 11 is 0. The van der Waals surface area contributed by atoms with E-state index in [1.54, 1.807) is 14.2 Å². The van der Waals surface area contributed by atoms with E-state index in [1.807, 2.05) is 23.1 Å². The van der Waals surface area contributed by atoms with Crippen molar-refractivity contribution in [3.05, 3.63) is 53.6 Å². The molecule has 1 unspecified atom stereocenters. The Kier molecular flexibility index (Phi) is 6.66. The molecule has 0 spiro atoms. The number of rotatable bonds is 6. The van der Waals surface area contributed by atoms with Gasteiger partial charge in [-0.15, -0.1) is 0 Å². The van der Waals surface area contributed by atoms with Gasteiger partial charge < -0.3 is 19.3 Å². The lowest BCUT2D eigenvalue weighted by Crippen LogP contribution is -2.51. The van der Waals surface area contributed by atoms with Gasteiger partial charge in [0.25, 0.3) is 0 Å². The highest BCUT2D eigenvalue weighted by Crippen LogP contribution is 2.38. The molecule has 6 nitrogen and oxygen atoms in total. The normalized spacial score (nSPS) is 19.5. The third-order valence-corrected chi connectivity index (χ3v) is 6.50. The Morgan fingerprint density at radius 2 is 1.81 bits per heavy atom. The number of carbonyl (C=O) groups excluding carboxylic acids is 1. The number of nitrogens with zero attached hydrogens (tertiary/aromatic N) is 3. The molecule has 0 bridgehead atoms. The van der Waals surface area contributed by atoms with Crippen LogP contribution in [0, 0.1) is 6.92 Å². The molecule has 2 aromatic rings. The average molecular weight is 424 g/mol. The molecule has 6 heteroatoms. The summed E-state index contributed by atoms with van der Waals surface area (Å²) in [6, 6.07) is 14.7. The van der Waals surface area contributed by atoms with E-state index >= 15 is 0 Å². The Morgan fingerprint density at radius 1 is 1.00 bits per heavy atom. The number of carbonyl (C=O) groups is 1. The first-order valence-electron chi connectivity index (χ1n) is 11.1. The van der Waals surface area contributed by atoms with Crippen molar-refractivity contribution in [1.82, 2.24) is 9.80 Å². The molecular formula is C25H33N3O3. The minimum atomic E-state index is 0.183. The summed E-state index contributed by atoms with van der Waals surface area (Å²) < 4.78 is 11.0. The Balaban J connectivity index is 1.38. The van der Waals surface area contributed by atoms with Crippen LogP contribution in [-0.2, 0) is 4.79 Å². The van der Waals surface area contributed by atoms with Gasteiger partial charge in [0.15, 0.2) is 0 Å². The lowest BCUT2D eigenvalue weighted by molar-refractivity contribution is -0.133. The average Bonchev–Trinajstić information content (AvgIpc) is 3.26. The summed E-state index contributed by atoms with van der Waals surface area (Å²) in [4.78, 5) is 19.8. The van der Waals surface area contributed by atoms with E-state index in [0.29, 0.717) is 6.54 Å². The van der Waals surface area contributed by atoms with E-state index in [1.165, 1.54) is 11.3 Å². The number of piperazine rings is 1. The SMILES string of the molecule is COc1ccc(OC)c(C2CCCN2CC(=O)N2CCN(c3cccc(C)c3)CC2)c1. The molecule has 0 aliphatic carbocycles. The quantitative estimate of drug-likeness (QED) is 0.712. The van der Waals surface area contributed by atoms with Crippen molar-refractivity contribution in [1.29, 1.82) is 0 Å². The van der Waals surface area contributed by atoms with E-state index in [0.717, 1.165) is 62.6 Å². The molecule has 1 amide bonds. The van der Waals surface area contributed by atoms with Crippen LogP contribution in [-0.4, -0.2) is 69.2 Å². The molecule has 0 saturated carbocycles.